The smallest absolute Gasteiger partial charge is 0.423 e. The van der Waals surface area contributed by atoms with Crippen LogP contribution < -0.4 is 10.1 Å². The minimum atomic E-state index is -4.99. The van der Waals surface area contributed by atoms with Crippen molar-refractivity contribution in [3.63, 3.8) is 0 Å². The molecule has 0 bridgehead atoms. The van der Waals surface area contributed by atoms with E-state index in [4.69, 9.17) is 4.74 Å². The predicted molar refractivity (Wildman–Crippen MR) is 106 cm³/mol. The SMILES string of the molecule is O=[N+]([O-])c1ccc(Nc2ccc(Oc3ccc([N+](=O)[O-])c(C(F)(F)F)c3)cc2)cc1C(F)(F)F. The normalized spacial score (nSPS) is 11.7. The Morgan fingerprint density at radius 1 is 0.647 bits per heavy atom. The molecule has 3 aromatic rings. The fraction of sp³-hybridized carbons (Fsp3) is 0.100. The van der Waals surface area contributed by atoms with E-state index in [9.17, 15) is 46.6 Å². The van der Waals surface area contributed by atoms with E-state index in [1.807, 2.05) is 0 Å². The maximum absolute atomic E-state index is 13.1. The van der Waals surface area contributed by atoms with E-state index in [-0.39, 0.29) is 22.9 Å². The Morgan fingerprint density at radius 2 is 1.09 bits per heavy atom. The molecule has 0 heterocycles. The number of ether oxygens (including phenoxy) is 1. The van der Waals surface area contributed by atoms with Crippen molar-refractivity contribution >= 4 is 22.7 Å². The molecule has 0 aliphatic rings. The van der Waals surface area contributed by atoms with Crippen LogP contribution in [0.3, 0.4) is 0 Å². The molecule has 0 amide bonds. The van der Waals surface area contributed by atoms with Crippen LogP contribution in [0, 0.1) is 20.2 Å². The molecule has 0 spiro atoms. The average Bonchev–Trinajstić information content (AvgIpc) is 2.73. The molecule has 1 N–H and O–H groups in total. The molecule has 14 heteroatoms. The zero-order valence-corrected chi connectivity index (χ0v) is 16.5. The molecule has 3 rings (SSSR count). The van der Waals surface area contributed by atoms with Crippen LogP contribution in [-0.2, 0) is 12.4 Å². The van der Waals surface area contributed by atoms with Crippen LogP contribution in [0.25, 0.3) is 0 Å². The Kier molecular flexibility index (Phi) is 6.34. The summed E-state index contributed by atoms with van der Waals surface area (Å²) in [6.45, 7) is 0. The van der Waals surface area contributed by atoms with Crippen LogP contribution in [-0.4, -0.2) is 9.85 Å². The summed E-state index contributed by atoms with van der Waals surface area (Å²) in [6, 6.07) is 9.69. The Balaban J connectivity index is 1.80. The molecule has 3 aromatic carbocycles. The Morgan fingerprint density at radius 3 is 1.59 bits per heavy atom. The number of halogens is 6. The van der Waals surface area contributed by atoms with Crippen LogP contribution >= 0.6 is 0 Å². The second-order valence-electron chi connectivity index (χ2n) is 6.67. The summed E-state index contributed by atoms with van der Waals surface area (Å²) in [6.07, 6.45) is -9.95. The molecule has 0 atom stereocenters. The van der Waals surface area contributed by atoms with Gasteiger partial charge in [-0.1, -0.05) is 0 Å². The first-order valence-electron chi connectivity index (χ1n) is 9.02. The molecule has 0 saturated carbocycles. The maximum Gasteiger partial charge on any atom is 0.423 e. The van der Waals surface area contributed by atoms with Gasteiger partial charge in [-0.15, -0.1) is 0 Å². The summed E-state index contributed by atoms with van der Waals surface area (Å²) in [4.78, 5) is 19.3. The van der Waals surface area contributed by atoms with Crippen molar-refractivity contribution in [3.05, 3.63) is 92.0 Å². The van der Waals surface area contributed by atoms with Gasteiger partial charge in [-0.3, -0.25) is 20.2 Å². The third kappa shape index (κ3) is 5.51. The average molecular weight is 487 g/mol. The first-order chi connectivity index (χ1) is 15.8. The topological polar surface area (TPSA) is 108 Å². The first kappa shape index (κ1) is 24.3. The molecule has 0 aromatic heterocycles. The number of nitrogens with one attached hydrogen (secondary N) is 1. The van der Waals surface area contributed by atoms with E-state index in [1.165, 1.54) is 24.3 Å². The van der Waals surface area contributed by atoms with E-state index in [0.29, 0.717) is 24.3 Å². The van der Waals surface area contributed by atoms with E-state index in [0.717, 1.165) is 12.1 Å². The fourth-order valence-corrected chi connectivity index (χ4v) is 2.87. The summed E-state index contributed by atoms with van der Waals surface area (Å²) >= 11 is 0. The highest BCUT2D eigenvalue weighted by molar-refractivity contribution is 5.64. The molecule has 0 aliphatic heterocycles. The number of nitrogens with zero attached hydrogens (tertiary/aromatic N) is 2. The molecule has 178 valence electrons. The lowest BCUT2D eigenvalue weighted by Crippen LogP contribution is -2.09. The highest BCUT2D eigenvalue weighted by Crippen LogP contribution is 2.40. The summed E-state index contributed by atoms with van der Waals surface area (Å²) in [5.41, 5.74) is -5.04. The number of hydrogen-bond acceptors (Lipinski definition) is 6. The van der Waals surface area contributed by atoms with Gasteiger partial charge < -0.3 is 10.1 Å². The number of rotatable bonds is 6. The monoisotopic (exact) mass is 487 g/mol. The van der Waals surface area contributed by atoms with Gasteiger partial charge in [-0.2, -0.15) is 26.3 Å². The quantitative estimate of drug-likeness (QED) is 0.226. The second kappa shape index (κ2) is 8.88. The van der Waals surface area contributed by atoms with Crippen molar-refractivity contribution in [1.29, 1.82) is 0 Å². The van der Waals surface area contributed by atoms with Gasteiger partial charge in [0.15, 0.2) is 0 Å². The van der Waals surface area contributed by atoms with Gasteiger partial charge in [-0.05, 0) is 48.5 Å². The van der Waals surface area contributed by atoms with Gasteiger partial charge in [0, 0.05) is 23.5 Å². The fourth-order valence-electron chi connectivity index (χ4n) is 2.87. The number of anilines is 2. The molecule has 0 fully saturated rings. The summed E-state index contributed by atoms with van der Waals surface area (Å²) in [5, 5.41) is 24.3. The standard InChI is InChI=1S/C20H11F6N3O5/c21-19(22,23)15-9-12(3-7-17(15)28(30)31)27-11-1-4-13(5-2-11)34-14-6-8-18(29(32)33)16(10-14)20(24,25)26/h1-10,27H. The van der Waals surface area contributed by atoms with Gasteiger partial charge in [0.25, 0.3) is 11.4 Å². The molecular weight excluding hydrogens is 476 g/mol. The van der Waals surface area contributed by atoms with Crippen molar-refractivity contribution in [2.75, 3.05) is 5.32 Å². The second-order valence-corrected chi connectivity index (χ2v) is 6.67. The summed E-state index contributed by atoms with van der Waals surface area (Å²) in [5.74, 6) is -0.295. The minimum Gasteiger partial charge on any atom is -0.457 e. The Hall–Kier alpha value is -4.36. The maximum atomic E-state index is 13.1. The summed E-state index contributed by atoms with van der Waals surface area (Å²) < 4.78 is 83.8. The predicted octanol–water partition coefficient (Wildman–Crippen LogP) is 7.08. The van der Waals surface area contributed by atoms with Crippen LogP contribution in [0.1, 0.15) is 11.1 Å². The summed E-state index contributed by atoms with van der Waals surface area (Å²) in [7, 11) is 0. The highest BCUT2D eigenvalue weighted by Gasteiger charge is 2.39. The van der Waals surface area contributed by atoms with E-state index in [1.54, 1.807) is 0 Å². The lowest BCUT2D eigenvalue weighted by molar-refractivity contribution is -0.388. The van der Waals surface area contributed by atoms with Gasteiger partial charge in [-0.25, -0.2) is 0 Å². The van der Waals surface area contributed by atoms with Gasteiger partial charge in [0.2, 0.25) is 0 Å². The van der Waals surface area contributed by atoms with Gasteiger partial charge in [0.1, 0.15) is 22.6 Å². The van der Waals surface area contributed by atoms with Gasteiger partial charge >= 0.3 is 12.4 Å². The van der Waals surface area contributed by atoms with Crippen molar-refractivity contribution in [2.24, 2.45) is 0 Å². The van der Waals surface area contributed by atoms with Crippen molar-refractivity contribution in [3.8, 4) is 11.5 Å². The number of hydrogen-bond donors (Lipinski definition) is 1. The van der Waals surface area contributed by atoms with E-state index in [2.05, 4.69) is 5.32 Å². The molecule has 8 nitrogen and oxygen atoms in total. The van der Waals surface area contributed by atoms with E-state index < -0.39 is 44.7 Å². The minimum absolute atomic E-state index is 0.0345. The molecular formula is C20H11F6N3O5. The van der Waals surface area contributed by atoms with Crippen molar-refractivity contribution < 1.29 is 40.9 Å². The third-order valence-corrected chi connectivity index (χ3v) is 4.35. The number of nitro benzene ring substituents is 2. The molecule has 0 saturated heterocycles. The third-order valence-electron chi connectivity index (χ3n) is 4.35. The van der Waals surface area contributed by atoms with Crippen molar-refractivity contribution in [2.45, 2.75) is 12.4 Å². The number of nitro groups is 2. The van der Waals surface area contributed by atoms with Crippen LogP contribution in [0.15, 0.2) is 60.7 Å². The molecule has 34 heavy (non-hydrogen) atoms. The lowest BCUT2D eigenvalue weighted by Gasteiger charge is -2.13. The number of alkyl halides is 6. The first-order valence-corrected chi connectivity index (χ1v) is 9.02. The zero-order valence-electron chi connectivity index (χ0n) is 16.5. The van der Waals surface area contributed by atoms with Crippen LogP contribution in [0.5, 0.6) is 11.5 Å². The van der Waals surface area contributed by atoms with Crippen molar-refractivity contribution in [1.82, 2.24) is 0 Å². The van der Waals surface area contributed by atoms with Crippen LogP contribution in [0.4, 0.5) is 49.1 Å². The Labute approximate surface area is 185 Å². The molecule has 0 aliphatic carbocycles. The van der Waals surface area contributed by atoms with Crippen LogP contribution in [0.2, 0.25) is 0 Å². The van der Waals surface area contributed by atoms with Gasteiger partial charge in [0.05, 0.1) is 9.85 Å². The highest BCUT2D eigenvalue weighted by atomic mass is 19.4. The van der Waals surface area contributed by atoms with E-state index >= 15 is 0 Å². The largest absolute Gasteiger partial charge is 0.457 e. The number of benzene rings is 3. The lowest BCUT2D eigenvalue weighted by atomic mass is 10.1. The molecule has 0 unspecified atom stereocenters. The zero-order chi connectivity index (χ0) is 25.3. The molecule has 0 radical (unpaired) electrons. The Bertz CT molecular complexity index is 1150.